The average molecular weight is 367 g/mol. The number of carbonyl (C=O) groups is 2. The van der Waals surface area contributed by atoms with Gasteiger partial charge in [-0.25, -0.2) is 4.79 Å². The summed E-state index contributed by atoms with van der Waals surface area (Å²) in [5, 5.41) is 0. The van der Waals surface area contributed by atoms with E-state index in [0.29, 0.717) is 12.2 Å². The molecule has 0 spiro atoms. The van der Waals surface area contributed by atoms with E-state index >= 15 is 0 Å². The molecule has 1 aliphatic carbocycles. The number of ether oxygens (including phenoxy) is 3. The molecule has 2 aliphatic rings. The summed E-state index contributed by atoms with van der Waals surface area (Å²) < 4.78 is 16.4. The Hall–Kier alpha value is -1.82. The monoisotopic (exact) mass is 366 g/mol. The van der Waals surface area contributed by atoms with Crippen LogP contribution in [0.2, 0.25) is 0 Å². The minimum absolute atomic E-state index is 0.178. The molecule has 0 N–H and O–H groups in total. The van der Waals surface area contributed by atoms with Crippen molar-refractivity contribution in [3.63, 3.8) is 0 Å². The van der Waals surface area contributed by atoms with Gasteiger partial charge in [0.1, 0.15) is 5.75 Å². The fraction of sp³-hybridized carbons (Fsp3) is 0.375. The molecule has 116 valence electrons. The summed E-state index contributed by atoms with van der Waals surface area (Å²) in [6.45, 7) is 0.341. The molecule has 0 unspecified atom stereocenters. The van der Waals surface area contributed by atoms with Crippen LogP contribution in [0.1, 0.15) is 11.5 Å². The fourth-order valence-corrected chi connectivity index (χ4v) is 3.63. The summed E-state index contributed by atoms with van der Waals surface area (Å²) in [5.74, 6) is -0.953. The molecule has 1 heterocycles. The van der Waals surface area contributed by atoms with E-state index < -0.39 is 11.9 Å². The highest BCUT2D eigenvalue weighted by Crippen LogP contribution is 2.50. The van der Waals surface area contributed by atoms with Gasteiger partial charge in [0.2, 0.25) is 0 Å². The van der Waals surface area contributed by atoms with Gasteiger partial charge >= 0.3 is 11.9 Å². The highest BCUT2D eigenvalue weighted by atomic mass is 79.9. The van der Waals surface area contributed by atoms with Crippen molar-refractivity contribution in [2.24, 2.45) is 11.8 Å². The standard InChI is InChI=1S/C16H15BrO5/c1-20-15(18)9-6-11(16(19)21-2)14-10-5-8(17)3-4-13(10)22-7-12(9)14/h3-6,11-12,14H,7H2,1-2H3/t11-,12-,14+/m0/s1. The number of methoxy groups -OCH3 is 2. The number of fused-ring (bicyclic) bond motifs is 3. The summed E-state index contributed by atoms with van der Waals surface area (Å²) >= 11 is 3.44. The number of halogens is 1. The zero-order chi connectivity index (χ0) is 15.9. The second-order valence-corrected chi connectivity index (χ2v) is 6.20. The van der Waals surface area contributed by atoms with Crippen LogP contribution in [0.15, 0.2) is 34.3 Å². The van der Waals surface area contributed by atoms with Gasteiger partial charge in [-0.05, 0) is 18.2 Å². The minimum Gasteiger partial charge on any atom is -0.493 e. The molecule has 0 amide bonds. The van der Waals surface area contributed by atoms with Crippen molar-refractivity contribution in [1.29, 1.82) is 0 Å². The maximum absolute atomic E-state index is 12.1. The van der Waals surface area contributed by atoms with Crippen LogP contribution in [0.3, 0.4) is 0 Å². The van der Waals surface area contributed by atoms with Crippen molar-refractivity contribution in [1.82, 2.24) is 0 Å². The van der Waals surface area contributed by atoms with Crippen molar-refractivity contribution >= 4 is 27.9 Å². The topological polar surface area (TPSA) is 61.8 Å². The maximum atomic E-state index is 12.1. The molecular weight excluding hydrogens is 352 g/mol. The van der Waals surface area contributed by atoms with E-state index in [1.165, 1.54) is 14.2 Å². The van der Waals surface area contributed by atoms with Crippen LogP contribution >= 0.6 is 15.9 Å². The average Bonchev–Trinajstić information content (AvgIpc) is 2.93. The highest BCUT2D eigenvalue weighted by Gasteiger charge is 2.48. The Morgan fingerprint density at radius 2 is 2.05 bits per heavy atom. The Balaban J connectivity index is 2.08. The predicted octanol–water partition coefficient (Wildman–Crippen LogP) is 2.44. The molecule has 0 saturated heterocycles. The lowest BCUT2D eigenvalue weighted by Crippen LogP contribution is -2.31. The summed E-state index contributed by atoms with van der Waals surface area (Å²) in [6.07, 6.45) is 1.66. The Bertz CT molecular complexity index is 667. The van der Waals surface area contributed by atoms with Crippen molar-refractivity contribution in [3.8, 4) is 5.75 Å². The molecule has 0 saturated carbocycles. The Morgan fingerprint density at radius 1 is 1.27 bits per heavy atom. The molecule has 1 aromatic rings. The summed E-state index contributed by atoms with van der Waals surface area (Å²) in [6, 6.07) is 5.67. The van der Waals surface area contributed by atoms with Crippen LogP contribution < -0.4 is 4.74 Å². The van der Waals surface area contributed by atoms with Crippen molar-refractivity contribution in [2.45, 2.75) is 5.92 Å². The van der Waals surface area contributed by atoms with Crippen LogP contribution in [0.4, 0.5) is 0 Å². The molecule has 1 aromatic carbocycles. The molecule has 0 bridgehead atoms. The summed E-state index contributed by atoms with van der Waals surface area (Å²) in [5.41, 5.74) is 1.38. The minimum atomic E-state index is -0.513. The van der Waals surface area contributed by atoms with E-state index in [9.17, 15) is 9.59 Å². The number of benzene rings is 1. The molecule has 22 heavy (non-hydrogen) atoms. The quantitative estimate of drug-likeness (QED) is 0.752. The Morgan fingerprint density at radius 3 is 2.73 bits per heavy atom. The molecule has 3 atom stereocenters. The van der Waals surface area contributed by atoms with Gasteiger partial charge < -0.3 is 14.2 Å². The lowest BCUT2D eigenvalue weighted by molar-refractivity contribution is -0.144. The first-order valence-electron chi connectivity index (χ1n) is 6.87. The van der Waals surface area contributed by atoms with Crippen LogP contribution in [0.5, 0.6) is 5.75 Å². The Kier molecular flexibility index (Phi) is 3.95. The molecule has 6 heteroatoms. The van der Waals surface area contributed by atoms with Gasteiger partial charge in [-0.3, -0.25) is 4.79 Å². The second-order valence-electron chi connectivity index (χ2n) is 5.29. The molecule has 0 fully saturated rings. The summed E-state index contributed by atoms with van der Waals surface area (Å²) in [7, 11) is 2.68. The van der Waals surface area contributed by atoms with Crippen LogP contribution in [-0.2, 0) is 19.1 Å². The predicted molar refractivity (Wildman–Crippen MR) is 81.5 cm³/mol. The van der Waals surface area contributed by atoms with E-state index in [-0.39, 0.29) is 17.8 Å². The van der Waals surface area contributed by atoms with Gasteiger partial charge in [0.25, 0.3) is 0 Å². The van der Waals surface area contributed by atoms with E-state index in [0.717, 1.165) is 15.8 Å². The molecule has 0 radical (unpaired) electrons. The second kappa shape index (κ2) is 5.76. The van der Waals surface area contributed by atoms with E-state index in [1.54, 1.807) is 6.08 Å². The third kappa shape index (κ3) is 2.31. The van der Waals surface area contributed by atoms with Gasteiger partial charge in [-0.2, -0.15) is 0 Å². The third-order valence-electron chi connectivity index (χ3n) is 4.22. The summed E-state index contributed by atoms with van der Waals surface area (Å²) in [4.78, 5) is 24.1. The molecule has 0 aromatic heterocycles. The zero-order valence-electron chi connectivity index (χ0n) is 12.2. The van der Waals surface area contributed by atoms with Crippen molar-refractivity contribution in [3.05, 3.63) is 39.9 Å². The molecule has 1 aliphatic heterocycles. The lowest BCUT2D eigenvalue weighted by Gasteiger charge is -2.32. The van der Waals surface area contributed by atoms with Gasteiger partial charge in [0, 0.05) is 27.4 Å². The van der Waals surface area contributed by atoms with Crippen LogP contribution in [0, 0.1) is 11.8 Å². The SMILES string of the molecule is COC(=O)C1=C[C@H](C(=O)OC)[C@H]2c3cc(Br)ccc3OC[C@@H]12. The van der Waals surface area contributed by atoms with Crippen LogP contribution in [0.25, 0.3) is 0 Å². The van der Waals surface area contributed by atoms with Gasteiger partial charge in [0.05, 0.1) is 26.7 Å². The lowest BCUT2D eigenvalue weighted by atomic mass is 9.79. The van der Waals surface area contributed by atoms with E-state index in [4.69, 9.17) is 14.2 Å². The fourth-order valence-electron chi connectivity index (χ4n) is 3.25. The van der Waals surface area contributed by atoms with Crippen molar-refractivity contribution < 1.29 is 23.8 Å². The number of esters is 2. The molecule has 3 rings (SSSR count). The largest absolute Gasteiger partial charge is 0.493 e. The Labute approximate surface area is 136 Å². The maximum Gasteiger partial charge on any atom is 0.333 e. The zero-order valence-corrected chi connectivity index (χ0v) is 13.8. The number of carbonyl (C=O) groups excluding carboxylic acids is 2. The van der Waals surface area contributed by atoms with Gasteiger partial charge in [-0.15, -0.1) is 0 Å². The van der Waals surface area contributed by atoms with Crippen LogP contribution in [-0.4, -0.2) is 32.8 Å². The third-order valence-corrected chi connectivity index (χ3v) is 4.72. The first kappa shape index (κ1) is 15.1. The van der Waals surface area contributed by atoms with E-state index in [2.05, 4.69) is 15.9 Å². The van der Waals surface area contributed by atoms with Crippen molar-refractivity contribution in [2.75, 3.05) is 20.8 Å². The molecule has 5 nitrogen and oxygen atoms in total. The van der Waals surface area contributed by atoms with E-state index in [1.807, 2.05) is 18.2 Å². The normalized spacial score (nSPS) is 25.4. The number of hydrogen-bond acceptors (Lipinski definition) is 5. The van der Waals surface area contributed by atoms with Gasteiger partial charge in [-0.1, -0.05) is 22.0 Å². The smallest absolute Gasteiger partial charge is 0.333 e. The number of rotatable bonds is 2. The van der Waals surface area contributed by atoms with Gasteiger partial charge in [0.15, 0.2) is 0 Å². The highest BCUT2D eigenvalue weighted by molar-refractivity contribution is 9.10. The first-order chi connectivity index (χ1) is 10.6. The molecular formula is C16H15BrO5. The first-order valence-corrected chi connectivity index (χ1v) is 7.66. The number of hydrogen-bond donors (Lipinski definition) is 0.